The van der Waals surface area contributed by atoms with Gasteiger partial charge in [0.25, 0.3) is 5.91 Å². The highest BCUT2D eigenvalue weighted by molar-refractivity contribution is 7.89. The average molecular weight is 384 g/mol. The monoisotopic (exact) mass is 383 g/mol. The predicted molar refractivity (Wildman–Crippen MR) is 101 cm³/mol. The molecule has 8 heteroatoms. The van der Waals surface area contributed by atoms with Crippen LogP contribution in [0.1, 0.15) is 36.2 Å². The summed E-state index contributed by atoms with van der Waals surface area (Å²) in [6, 6.07) is 4.63. The van der Waals surface area contributed by atoms with E-state index in [1.165, 1.54) is 12.1 Å². The average Bonchev–Trinajstić information content (AvgIpc) is 2.59. The van der Waals surface area contributed by atoms with Crippen LogP contribution in [0, 0.1) is 6.92 Å². The quantitative estimate of drug-likeness (QED) is 0.657. The molecule has 0 saturated carbocycles. The number of morpholine rings is 1. The van der Waals surface area contributed by atoms with Gasteiger partial charge in [-0.3, -0.25) is 9.69 Å². The van der Waals surface area contributed by atoms with Crippen molar-refractivity contribution in [3.05, 3.63) is 29.3 Å². The van der Waals surface area contributed by atoms with E-state index in [0.717, 1.165) is 44.8 Å². The fraction of sp³-hybridized carbons (Fsp3) is 0.611. The van der Waals surface area contributed by atoms with Gasteiger partial charge in [0.2, 0.25) is 10.0 Å². The number of hydrogen-bond acceptors (Lipinski definition) is 5. The molecule has 0 bridgehead atoms. The Kier molecular flexibility index (Phi) is 7.57. The van der Waals surface area contributed by atoms with Crippen molar-refractivity contribution in [2.24, 2.45) is 0 Å². The highest BCUT2D eigenvalue weighted by Crippen LogP contribution is 2.16. The molecule has 2 rings (SSSR count). The standard InChI is InChI=1S/C18H29N3O4S/c1-14(2)20-18(22)17-13-16(6-5-15(17)3)26(23,24)19-7-4-8-21-9-11-25-12-10-21/h5-6,13-14,19H,4,7-12H2,1-3H3,(H,20,22). The number of hydrogen-bond donors (Lipinski definition) is 2. The van der Waals surface area contributed by atoms with Crippen molar-refractivity contribution < 1.29 is 17.9 Å². The number of rotatable bonds is 8. The molecule has 1 aliphatic heterocycles. The molecule has 146 valence electrons. The van der Waals surface area contributed by atoms with Gasteiger partial charge >= 0.3 is 0 Å². The van der Waals surface area contributed by atoms with Crippen LogP contribution in [0.2, 0.25) is 0 Å². The van der Waals surface area contributed by atoms with Gasteiger partial charge in [-0.2, -0.15) is 0 Å². The number of nitrogens with zero attached hydrogens (tertiary/aromatic N) is 1. The Balaban J connectivity index is 1.96. The molecule has 0 spiro atoms. The first-order valence-corrected chi connectivity index (χ1v) is 10.5. The van der Waals surface area contributed by atoms with Crippen LogP contribution in [0.5, 0.6) is 0 Å². The summed E-state index contributed by atoms with van der Waals surface area (Å²) in [5.41, 5.74) is 1.13. The second-order valence-electron chi connectivity index (χ2n) is 6.81. The van der Waals surface area contributed by atoms with Crippen molar-refractivity contribution in [2.45, 2.75) is 38.1 Å². The van der Waals surface area contributed by atoms with Crippen molar-refractivity contribution in [3.63, 3.8) is 0 Å². The van der Waals surface area contributed by atoms with Gasteiger partial charge < -0.3 is 10.1 Å². The lowest BCUT2D eigenvalue weighted by Gasteiger charge is -2.26. The molecule has 1 amide bonds. The van der Waals surface area contributed by atoms with Gasteiger partial charge in [-0.15, -0.1) is 0 Å². The zero-order chi connectivity index (χ0) is 19.2. The molecule has 0 atom stereocenters. The number of carbonyl (C=O) groups is 1. The molecule has 0 unspecified atom stereocenters. The van der Waals surface area contributed by atoms with Gasteiger partial charge in [-0.25, -0.2) is 13.1 Å². The third-order valence-electron chi connectivity index (χ3n) is 4.23. The van der Waals surface area contributed by atoms with Crippen LogP contribution in [-0.4, -0.2) is 64.7 Å². The van der Waals surface area contributed by atoms with Gasteiger partial charge in [0.05, 0.1) is 18.1 Å². The molecule has 1 aromatic carbocycles. The zero-order valence-electron chi connectivity index (χ0n) is 15.7. The SMILES string of the molecule is Cc1ccc(S(=O)(=O)NCCCN2CCOCC2)cc1C(=O)NC(C)C. The van der Waals surface area contributed by atoms with E-state index in [-0.39, 0.29) is 16.8 Å². The van der Waals surface area contributed by atoms with E-state index in [9.17, 15) is 13.2 Å². The highest BCUT2D eigenvalue weighted by atomic mass is 32.2. The first-order chi connectivity index (χ1) is 12.3. The Bertz CT molecular complexity index is 713. The number of benzene rings is 1. The number of carbonyl (C=O) groups excluding carboxylic acids is 1. The van der Waals surface area contributed by atoms with E-state index in [4.69, 9.17) is 4.74 Å². The summed E-state index contributed by atoms with van der Waals surface area (Å²) in [7, 11) is -3.64. The molecule has 1 aromatic rings. The maximum Gasteiger partial charge on any atom is 0.251 e. The van der Waals surface area contributed by atoms with Crippen LogP contribution in [0.15, 0.2) is 23.1 Å². The number of aryl methyl sites for hydroxylation is 1. The Morgan fingerprint density at radius 2 is 1.96 bits per heavy atom. The van der Waals surface area contributed by atoms with Crippen molar-refractivity contribution in [1.82, 2.24) is 14.9 Å². The minimum atomic E-state index is -3.64. The highest BCUT2D eigenvalue weighted by Gasteiger charge is 2.18. The Hall–Kier alpha value is -1.48. The van der Waals surface area contributed by atoms with Crippen LogP contribution in [-0.2, 0) is 14.8 Å². The molecule has 1 saturated heterocycles. The third-order valence-corrected chi connectivity index (χ3v) is 5.69. The molecule has 0 aliphatic carbocycles. The molecular weight excluding hydrogens is 354 g/mol. The van der Waals surface area contributed by atoms with Crippen LogP contribution >= 0.6 is 0 Å². The topological polar surface area (TPSA) is 87.7 Å². The minimum Gasteiger partial charge on any atom is -0.379 e. The third kappa shape index (κ3) is 6.05. The Labute approximate surface area is 156 Å². The molecular formula is C18H29N3O4S. The molecule has 7 nitrogen and oxygen atoms in total. The maximum absolute atomic E-state index is 12.5. The summed E-state index contributed by atoms with van der Waals surface area (Å²) in [5.74, 6) is -0.262. The molecule has 0 aromatic heterocycles. The van der Waals surface area contributed by atoms with E-state index in [2.05, 4.69) is 14.9 Å². The molecule has 0 radical (unpaired) electrons. The van der Waals surface area contributed by atoms with E-state index in [1.54, 1.807) is 13.0 Å². The van der Waals surface area contributed by atoms with Crippen LogP contribution in [0.4, 0.5) is 0 Å². The summed E-state index contributed by atoms with van der Waals surface area (Å²) < 4.78 is 33.0. The zero-order valence-corrected chi connectivity index (χ0v) is 16.6. The van der Waals surface area contributed by atoms with Gasteiger partial charge in [-0.05, 0) is 51.4 Å². The summed E-state index contributed by atoms with van der Waals surface area (Å²) >= 11 is 0. The number of amides is 1. The summed E-state index contributed by atoms with van der Waals surface area (Å²) in [5, 5.41) is 2.80. The van der Waals surface area contributed by atoms with E-state index in [1.807, 2.05) is 13.8 Å². The molecule has 1 aliphatic rings. The minimum absolute atomic E-state index is 0.0134. The lowest BCUT2D eigenvalue weighted by molar-refractivity contribution is 0.0376. The summed E-state index contributed by atoms with van der Waals surface area (Å²) in [4.78, 5) is 14.6. The first-order valence-electron chi connectivity index (χ1n) is 9.01. The molecule has 26 heavy (non-hydrogen) atoms. The van der Waals surface area contributed by atoms with E-state index >= 15 is 0 Å². The van der Waals surface area contributed by atoms with Gasteiger partial charge in [0.15, 0.2) is 0 Å². The summed E-state index contributed by atoms with van der Waals surface area (Å²) in [6.45, 7) is 9.96. The van der Waals surface area contributed by atoms with E-state index < -0.39 is 10.0 Å². The molecule has 1 heterocycles. The Morgan fingerprint density at radius 1 is 1.27 bits per heavy atom. The normalized spacial score (nSPS) is 16.0. The van der Waals surface area contributed by atoms with Gasteiger partial charge in [0, 0.05) is 31.2 Å². The lowest BCUT2D eigenvalue weighted by Crippen LogP contribution is -2.38. The first kappa shape index (κ1) is 20.8. The smallest absolute Gasteiger partial charge is 0.251 e. The van der Waals surface area contributed by atoms with Crippen LogP contribution in [0.3, 0.4) is 0 Å². The van der Waals surface area contributed by atoms with Gasteiger partial charge in [-0.1, -0.05) is 6.07 Å². The fourth-order valence-corrected chi connectivity index (χ4v) is 3.87. The number of sulfonamides is 1. The van der Waals surface area contributed by atoms with Crippen molar-refractivity contribution in [2.75, 3.05) is 39.4 Å². The number of nitrogens with one attached hydrogen (secondary N) is 2. The Morgan fingerprint density at radius 3 is 2.62 bits per heavy atom. The molecule has 1 fully saturated rings. The van der Waals surface area contributed by atoms with E-state index in [0.29, 0.717) is 12.1 Å². The molecule has 2 N–H and O–H groups in total. The van der Waals surface area contributed by atoms with Gasteiger partial charge in [0.1, 0.15) is 0 Å². The largest absolute Gasteiger partial charge is 0.379 e. The van der Waals surface area contributed by atoms with Crippen LogP contribution < -0.4 is 10.0 Å². The maximum atomic E-state index is 12.5. The van der Waals surface area contributed by atoms with Crippen molar-refractivity contribution in [1.29, 1.82) is 0 Å². The van der Waals surface area contributed by atoms with Crippen LogP contribution in [0.25, 0.3) is 0 Å². The lowest BCUT2D eigenvalue weighted by atomic mass is 10.1. The second-order valence-corrected chi connectivity index (χ2v) is 8.58. The fourth-order valence-electron chi connectivity index (χ4n) is 2.77. The number of ether oxygens (including phenoxy) is 1. The summed E-state index contributed by atoms with van der Waals surface area (Å²) in [6.07, 6.45) is 0.728. The second kappa shape index (κ2) is 9.45. The predicted octanol–water partition coefficient (Wildman–Crippen LogP) is 1.13. The van der Waals surface area contributed by atoms with Crippen molar-refractivity contribution >= 4 is 15.9 Å². The van der Waals surface area contributed by atoms with Crippen molar-refractivity contribution in [3.8, 4) is 0 Å².